The molecule has 18 heavy (non-hydrogen) atoms. The number of nitrogens with two attached hydrogens (primary N) is 1. The molecule has 0 aliphatic rings. The minimum Gasteiger partial charge on any atom is -0.399 e. The van der Waals surface area contributed by atoms with Gasteiger partial charge in [-0.05, 0) is 30.5 Å². The molecule has 0 bridgehead atoms. The van der Waals surface area contributed by atoms with Crippen LogP contribution in [0.4, 0.5) is 5.69 Å². The zero-order valence-electron chi connectivity index (χ0n) is 11.0. The van der Waals surface area contributed by atoms with Crippen LogP contribution in [0.2, 0.25) is 5.02 Å². The van der Waals surface area contributed by atoms with Crippen LogP contribution in [-0.2, 0) is 10.0 Å². The number of nitrogen functional groups attached to an aromatic ring is 1. The van der Waals surface area contributed by atoms with Crippen molar-refractivity contribution in [2.45, 2.75) is 38.6 Å². The van der Waals surface area contributed by atoms with Crippen LogP contribution in [0, 0.1) is 5.41 Å². The van der Waals surface area contributed by atoms with Crippen molar-refractivity contribution < 1.29 is 8.42 Å². The summed E-state index contributed by atoms with van der Waals surface area (Å²) in [6.45, 7) is 7.71. The van der Waals surface area contributed by atoms with Crippen molar-refractivity contribution >= 4 is 27.3 Å². The van der Waals surface area contributed by atoms with Gasteiger partial charge in [-0.15, -0.1) is 0 Å². The van der Waals surface area contributed by atoms with Crippen molar-refractivity contribution in [1.82, 2.24) is 4.72 Å². The highest BCUT2D eigenvalue weighted by molar-refractivity contribution is 7.89. The molecule has 1 atom stereocenters. The number of benzene rings is 1. The SMILES string of the molecule is CC(NS(=O)(=O)c1ccc(N)cc1Cl)C(C)(C)C. The summed E-state index contributed by atoms with van der Waals surface area (Å²) in [5.41, 5.74) is 5.80. The third kappa shape index (κ3) is 3.60. The van der Waals surface area contributed by atoms with Gasteiger partial charge in [-0.25, -0.2) is 13.1 Å². The van der Waals surface area contributed by atoms with Gasteiger partial charge in [-0.2, -0.15) is 0 Å². The summed E-state index contributed by atoms with van der Waals surface area (Å²) in [4.78, 5) is 0.0504. The van der Waals surface area contributed by atoms with Crippen LogP contribution in [0.1, 0.15) is 27.7 Å². The Kier molecular flexibility index (Phi) is 4.30. The fraction of sp³-hybridized carbons (Fsp3) is 0.500. The number of nitrogens with one attached hydrogen (secondary N) is 1. The smallest absolute Gasteiger partial charge is 0.242 e. The Morgan fingerprint density at radius 3 is 2.33 bits per heavy atom. The molecule has 0 aliphatic heterocycles. The maximum atomic E-state index is 12.2. The largest absolute Gasteiger partial charge is 0.399 e. The van der Waals surface area contributed by atoms with Gasteiger partial charge in [-0.1, -0.05) is 32.4 Å². The Bertz CT molecular complexity index is 535. The molecule has 1 unspecified atom stereocenters. The molecule has 0 spiro atoms. The van der Waals surface area contributed by atoms with E-state index in [1.807, 2.05) is 27.7 Å². The molecule has 1 rings (SSSR count). The number of anilines is 1. The fourth-order valence-corrected chi connectivity index (χ4v) is 3.21. The monoisotopic (exact) mass is 290 g/mol. The van der Waals surface area contributed by atoms with Crippen molar-refractivity contribution in [1.29, 1.82) is 0 Å². The Morgan fingerprint density at radius 1 is 1.33 bits per heavy atom. The maximum Gasteiger partial charge on any atom is 0.242 e. The van der Waals surface area contributed by atoms with E-state index in [1.165, 1.54) is 18.2 Å². The Balaban J connectivity index is 3.08. The lowest BCUT2D eigenvalue weighted by molar-refractivity contribution is 0.317. The molecule has 3 N–H and O–H groups in total. The van der Waals surface area contributed by atoms with Crippen molar-refractivity contribution in [2.24, 2.45) is 5.41 Å². The molecule has 6 heteroatoms. The molecular weight excluding hydrogens is 272 g/mol. The number of hydrogen-bond donors (Lipinski definition) is 2. The second-order valence-electron chi connectivity index (χ2n) is 5.40. The molecule has 0 aliphatic carbocycles. The minimum absolute atomic E-state index is 0.0504. The highest BCUT2D eigenvalue weighted by Gasteiger charge is 2.27. The van der Waals surface area contributed by atoms with Crippen molar-refractivity contribution in [2.75, 3.05) is 5.73 Å². The van der Waals surface area contributed by atoms with Gasteiger partial charge in [0, 0.05) is 11.7 Å². The quantitative estimate of drug-likeness (QED) is 0.841. The van der Waals surface area contributed by atoms with Gasteiger partial charge in [0.15, 0.2) is 0 Å². The van der Waals surface area contributed by atoms with Gasteiger partial charge in [0.1, 0.15) is 4.90 Å². The number of sulfonamides is 1. The van der Waals surface area contributed by atoms with E-state index >= 15 is 0 Å². The zero-order chi connectivity index (χ0) is 14.1. The molecule has 0 amide bonds. The molecule has 0 radical (unpaired) electrons. The van der Waals surface area contributed by atoms with Crippen molar-refractivity contribution in [3.8, 4) is 0 Å². The Labute approximate surface area is 114 Å². The molecule has 0 fully saturated rings. The van der Waals surface area contributed by atoms with E-state index in [2.05, 4.69) is 4.72 Å². The van der Waals surface area contributed by atoms with Gasteiger partial charge in [0.05, 0.1) is 5.02 Å². The van der Waals surface area contributed by atoms with Crippen LogP contribution < -0.4 is 10.5 Å². The fourth-order valence-electron chi connectivity index (χ4n) is 1.21. The summed E-state index contributed by atoms with van der Waals surface area (Å²) in [6.07, 6.45) is 0. The predicted molar refractivity (Wildman–Crippen MR) is 75.1 cm³/mol. The first-order valence-electron chi connectivity index (χ1n) is 5.61. The summed E-state index contributed by atoms with van der Waals surface area (Å²) in [6, 6.07) is 4.14. The second-order valence-corrected chi connectivity index (χ2v) is 7.49. The van der Waals surface area contributed by atoms with Gasteiger partial charge < -0.3 is 5.73 Å². The second kappa shape index (κ2) is 5.07. The molecule has 0 aromatic heterocycles. The van der Waals surface area contributed by atoms with Crippen molar-refractivity contribution in [3.05, 3.63) is 23.2 Å². The lowest BCUT2D eigenvalue weighted by Gasteiger charge is -2.28. The molecule has 0 heterocycles. The van der Waals surface area contributed by atoms with Gasteiger partial charge in [0.25, 0.3) is 0 Å². The van der Waals surface area contributed by atoms with Gasteiger partial charge >= 0.3 is 0 Å². The molecular formula is C12H19ClN2O2S. The predicted octanol–water partition coefficient (Wildman–Crippen LogP) is 2.64. The van der Waals surface area contributed by atoms with Crippen LogP contribution in [0.5, 0.6) is 0 Å². The average molecular weight is 291 g/mol. The van der Waals surface area contributed by atoms with Crippen molar-refractivity contribution in [3.63, 3.8) is 0 Å². The highest BCUT2D eigenvalue weighted by atomic mass is 35.5. The molecule has 1 aromatic carbocycles. The number of halogens is 1. The van der Waals surface area contributed by atoms with Crippen LogP contribution in [0.15, 0.2) is 23.1 Å². The van der Waals surface area contributed by atoms with Crippen LogP contribution >= 0.6 is 11.6 Å². The van der Waals surface area contributed by atoms with E-state index in [9.17, 15) is 8.42 Å². The van der Waals surface area contributed by atoms with E-state index in [1.54, 1.807) is 0 Å². The summed E-state index contributed by atoms with van der Waals surface area (Å²) >= 11 is 5.91. The Hall–Kier alpha value is -0.780. The third-order valence-electron chi connectivity index (χ3n) is 2.88. The van der Waals surface area contributed by atoms with E-state index in [-0.39, 0.29) is 21.4 Å². The highest BCUT2D eigenvalue weighted by Crippen LogP contribution is 2.26. The van der Waals surface area contributed by atoms with Crippen LogP contribution in [-0.4, -0.2) is 14.5 Å². The lowest BCUT2D eigenvalue weighted by atomic mass is 9.89. The first kappa shape index (κ1) is 15.3. The van der Waals surface area contributed by atoms with E-state index in [0.717, 1.165) is 0 Å². The average Bonchev–Trinajstić information content (AvgIpc) is 2.14. The molecule has 4 nitrogen and oxygen atoms in total. The van der Waals surface area contributed by atoms with Crippen LogP contribution in [0.3, 0.4) is 0 Å². The number of hydrogen-bond acceptors (Lipinski definition) is 3. The number of rotatable bonds is 3. The summed E-state index contributed by atoms with van der Waals surface area (Å²) in [7, 11) is -3.63. The lowest BCUT2D eigenvalue weighted by Crippen LogP contribution is -2.41. The van der Waals surface area contributed by atoms with Crippen LogP contribution in [0.25, 0.3) is 0 Å². The van der Waals surface area contributed by atoms with E-state index in [0.29, 0.717) is 5.69 Å². The zero-order valence-corrected chi connectivity index (χ0v) is 12.6. The summed E-state index contributed by atoms with van der Waals surface area (Å²) in [5, 5.41) is 0.128. The molecule has 0 saturated carbocycles. The summed E-state index contributed by atoms with van der Waals surface area (Å²) < 4.78 is 27.0. The molecule has 1 aromatic rings. The normalized spacial score (nSPS) is 14.5. The standard InChI is InChI=1S/C12H19ClN2O2S/c1-8(12(2,3)4)15-18(16,17)11-6-5-9(14)7-10(11)13/h5-8,15H,14H2,1-4H3. The summed E-state index contributed by atoms with van der Waals surface area (Å²) in [5.74, 6) is 0. The third-order valence-corrected chi connectivity index (χ3v) is 4.90. The first-order valence-corrected chi connectivity index (χ1v) is 7.47. The topological polar surface area (TPSA) is 72.2 Å². The molecule has 102 valence electrons. The van der Waals surface area contributed by atoms with Gasteiger partial charge in [0.2, 0.25) is 10.0 Å². The molecule has 0 saturated heterocycles. The van der Waals surface area contributed by atoms with Gasteiger partial charge in [-0.3, -0.25) is 0 Å². The minimum atomic E-state index is -3.63. The first-order chi connectivity index (χ1) is 8.04. The maximum absolute atomic E-state index is 12.2. The van der Waals surface area contributed by atoms with E-state index < -0.39 is 10.0 Å². The Morgan fingerprint density at radius 2 is 1.89 bits per heavy atom. The van der Waals surface area contributed by atoms with E-state index in [4.69, 9.17) is 17.3 Å².